The number of aliphatic hydroxyl groups excluding tert-OH is 3. The fourth-order valence-electron chi connectivity index (χ4n) is 4.29. The number of aliphatic hydroxyl groups is 3. The lowest BCUT2D eigenvalue weighted by Gasteiger charge is -2.33. The third kappa shape index (κ3) is 5.94. The van der Waals surface area contributed by atoms with E-state index in [1.807, 2.05) is 0 Å². The van der Waals surface area contributed by atoms with Crippen molar-refractivity contribution in [3.05, 3.63) is 39.5 Å². The third-order valence-electron chi connectivity index (χ3n) is 6.77. The third-order valence-corrected chi connectivity index (χ3v) is 8.39. The lowest BCUT2D eigenvalue weighted by Crippen LogP contribution is -2.45. The maximum Gasteiger partial charge on any atom is 0.438 e. The number of hydrogen-bond acceptors (Lipinski definition) is 13. The second-order valence-electron chi connectivity index (χ2n) is 9.68. The van der Waals surface area contributed by atoms with Crippen molar-refractivity contribution in [3.63, 3.8) is 0 Å². The zero-order chi connectivity index (χ0) is 28.7. The highest BCUT2D eigenvalue weighted by molar-refractivity contribution is 7.53. The SMILES string of the molecule is O=c1[nH]c(COC[C@@](CO)(OC[C@H]2O[C@@H](c3ccc4c(NCC5CC5)nc(Cl)nn34)[C@H](O)[C@@H]2O)P(=O)(O)O)no1. The predicted molar refractivity (Wildman–Crippen MR) is 133 cm³/mol. The number of rotatable bonds is 13. The average Bonchev–Trinajstić information content (AvgIpc) is 3.40. The van der Waals surface area contributed by atoms with Crippen LogP contribution in [-0.2, 0) is 25.4 Å². The summed E-state index contributed by atoms with van der Waals surface area (Å²) < 4.78 is 34.5. The molecule has 5 atom stereocenters. The standard InChI is InChI=1S/C21H28ClN6O11P/c22-19-25-18(23-5-10-1-2-10)12-4-3-11(28(12)26-19)17-16(31)15(30)13(38-17)6-37-21(8-29,40(33,34)35)9-36-7-14-24-20(32)39-27-14/h3-4,10,13,15-17,29-31H,1-2,5-9H2,(H,23,25,26)(H,24,27,32)(H2,33,34,35)/t13-,15-,16-,17+,21+/m1/s1. The number of H-pyrrole nitrogens is 1. The summed E-state index contributed by atoms with van der Waals surface area (Å²) in [5, 5.41) is 39.6. The van der Waals surface area contributed by atoms with E-state index in [1.165, 1.54) is 4.52 Å². The summed E-state index contributed by atoms with van der Waals surface area (Å²) in [5.74, 6) is 0.150. The van der Waals surface area contributed by atoms with Crippen molar-refractivity contribution in [1.29, 1.82) is 0 Å². The molecule has 40 heavy (non-hydrogen) atoms. The van der Waals surface area contributed by atoms with E-state index >= 15 is 0 Å². The van der Waals surface area contributed by atoms with Gasteiger partial charge in [0.05, 0.1) is 25.5 Å². The molecule has 5 rings (SSSR count). The molecule has 2 aliphatic rings. The van der Waals surface area contributed by atoms with Gasteiger partial charge in [-0.2, -0.15) is 4.98 Å². The van der Waals surface area contributed by atoms with E-state index in [-0.39, 0.29) is 11.1 Å². The predicted octanol–water partition coefficient (Wildman–Crippen LogP) is -0.858. The molecule has 7 N–H and O–H groups in total. The van der Waals surface area contributed by atoms with E-state index < -0.39 is 69.5 Å². The van der Waals surface area contributed by atoms with Gasteiger partial charge >= 0.3 is 13.4 Å². The van der Waals surface area contributed by atoms with E-state index in [1.54, 1.807) is 12.1 Å². The monoisotopic (exact) mass is 606 g/mol. The van der Waals surface area contributed by atoms with Crippen molar-refractivity contribution in [3.8, 4) is 0 Å². The molecule has 1 aliphatic heterocycles. The Kier molecular flexibility index (Phi) is 8.32. The number of aromatic nitrogens is 5. The molecule has 3 aromatic heterocycles. The van der Waals surface area contributed by atoms with Gasteiger partial charge in [0, 0.05) is 6.54 Å². The molecule has 1 saturated carbocycles. The minimum absolute atomic E-state index is 0.0553. The molecular weight excluding hydrogens is 579 g/mol. The Balaban J connectivity index is 1.30. The van der Waals surface area contributed by atoms with Crippen molar-refractivity contribution in [2.45, 2.75) is 49.2 Å². The quantitative estimate of drug-likeness (QED) is 0.117. The van der Waals surface area contributed by atoms with Crippen LogP contribution in [0.5, 0.6) is 0 Å². The maximum atomic E-state index is 12.3. The van der Waals surface area contributed by atoms with Crippen molar-refractivity contribution >= 4 is 30.5 Å². The van der Waals surface area contributed by atoms with Crippen LogP contribution in [0.3, 0.4) is 0 Å². The number of aromatic amines is 1. The summed E-state index contributed by atoms with van der Waals surface area (Å²) in [6.45, 7) is -2.33. The minimum Gasteiger partial charge on any atom is -0.393 e. The first-order valence-electron chi connectivity index (χ1n) is 12.2. The number of hydrogen-bond donors (Lipinski definition) is 7. The molecule has 220 valence electrons. The summed E-state index contributed by atoms with van der Waals surface area (Å²) >= 11 is 6.13. The summed E-state index contributed by atoms with van der Waals surface area (Å²) in [6.07, 6.45) is -3.12. The van der Waals surface area contributed by atoms with Crippen molar-refractivity contribution in [1.82, 2.24) is 24.7 Å². The van der Waals surface area contributed by atoms with Crippen LogP contribution in [0.25, 0.3) is 5.52 Å². The molecule has 19 heteroatoms. The van der Waals surface area contributed by atoms with Crippen LogP contribution in [0, 0.1) is 5.92 Å². The molecule has 1 saturated heterocycles. The number of nitrogens with one attached hydrogen (secondary N) is 2. The van der Waals surface area contributed by atoms with E-state index in [9.17, 15) is 34.5 Å². The Labute approximate surface area is 230 Å². The fraction of sp³-hybridized carbons (Fsp3) is 0.619. The second kappa shape index (κ2) is 11.4. The Hall–Kier alpha value is -2.44. The molecule has 0 radical (unpaired) electrons. The van der Waals surface area contributed by atoms with Crippen molar-refractivity contribution in [2.75, 3.05) is 31.7 Å². The largest absolute Gasteiger partial charge is 0.438 e. The number of ether oxygens (including phenoxy) is 3. The van der Waals surface area contributed by atoms with Crippen molar-refractivity contribution < 1.29 is 48.4 Å². The van der Waals surface area contributed by atoms with Crippen LogP contribution in [-0.4, -0.2) is 99.9 Å². The van der Waals surface area contributed by atoms with Gasteiger partial charge in [0.1, 0.15) is 36.5 Å². The lowest BCUT2D eigenvalue weighted by atomic mass is 10.1. The van der Waals surface area contributed by atoms with Gasteiger partial charge < -0.3 is 44.6 Å². The van der Waals surface area contributed by atoms with Gasteiger partial charge in [-0.3, -0.25) is 14.1 Å². The van der Waals surface area contributed by atoms with Gasteiger partial charge in [0.15, 0.2) is 11.6 Å². The highest BCUT2D eigenvalue weighted by Crippen LogP contribution is 2.51. The smallest absolute Gasteiger partial charge is 0.393 e. The summed E-state index contributed by atoms with van der Waals surface area (Å²) in [6, 6.07) is 3.33. The molecule has 0 unspecified atom stereocenters. The number of halogens is 1. The van der Waals surface area contributed by atoms with Gasteiger partial charge in [-0.15, -0.1) is 5.10 Å². The first-order chi connectivity index (χ1) is 19.0. The minimum atomic E-state index is -5.19. The van der Waals surface area contributed by atoms with Gasteiger partial charge in [-0.25, -0.2) is 9.31 Å². The molecule has 2 fully saturated rings. The zero-order valence-corrected chi connectivity index (χ0v) is 22.4. The number of fused-ring (bicyclic) bond motifs is 1. The summed E-state index contributed by atoms with van der Waals surface area (Å²) in [5.41, 5.74) is 0.910. The Morgan fingerprint density at radius 2 is 2.05 bits per heavy atom. The first-order valence-corrected chi connectivity index (χ1v) is 14.2. The molecule has 0 spiro atoms. The van der Waals surface area contributed by atoms with Crippen LogP contribution in [0.1, 0.15) is 30.5 Å². The van der Waals surface area contributed by atoms with E-state index in [0.717, 1.165) is 19.4 Å². The topological polar surface area (TPSA) is 247 Å². The zero-order valence-electron chi connectivity index (χ0n) is 20.8. The van der Waals surface area contributed by atoms with Crippen LogP contribution in [0.2, 0.25) is 5.28 Å². The van der Waals surface area contributed by atoms with Crippen molar-refractivity contribution in [2.24, 2.45) is 5.92 Å². The molecule has 0 bridgehead atoms. The Bertz CT molecular complexity index is 1440. The van der Waals surface area contributed by atoms with E-state index in [2.05, 4.69) is 30.1 Å². The molecular formula is C21H28ClN6O11P. The molecule has 17 nitrogen and oxygen atoms in total. The fourth-order valence-corrected chi connectivity index (χ4v) is 5.14. The van der Waals surface area contributed by atoms with Crippen LogP contribution >= 0.6 is 19.2 Å². The average molecular weight is 607 g/mol. The molecule has 1 aliphatic carbocycles. The molecule has 0 aromatic carbocycles. The maximum absolute atomic E-state index is 12.3. The van der Waals surface area contributed by atoms with Crippen LogP contribution < -0.4 is 11.1 Å². The molecule has 0 amide bonds. The van der Waals surface area contributed by atoms with E-state index in [4.69, 9.17) is 25.8 Å². The van der Waals surface area contributed by atoms with Gasteiger partial charge in [-0.1, -0.05) is 5.16 Å². The van der Waals surface area contributed by atoms with Gasteiger partial charge in [0.25, 0.3) is 0 Å². The Morgan fingerprint density at radius 3 is 2.70 bits per heavy atom. The molecule has 4 heterocycles. The Morgan fingerprint density at radius 1 is 1.27 bits per heavy atom. The van der Waals surface area contributed by atoms with Crippen LogP contribution in [0.15, 0.2) is 21.5 Å². The molecule has 3 aromatic rings. The second-order valence-corrected chi connectivity index (χ2v) is 11.9. The summed E-state index contributed by atoms with van der Waals surface area (Å²) in [4.78, 5) is 37.4. The summed E-state index contributed by atoms with van der Waals surface area (Å²) in [7, 11) is -5.19. The van der Waals surface area contributed by atoms with E-state index in [0.29, 0.717) is 22.9 Å². The number of nitrogens with zero attached hydrogens (tertiary/aromatic N) is 4. The lowest BCUT2D eigenvalue weighted by molar-refractivity contribution is -0.126. The first kappa shape index (κ1) is 29.1. The number of anilines is 1. The highest BCUT2D eigenvalue weighted by atomic mass is 35.5. The van der Waals surface area contributed by atoms with Crippen LogP contribution in [0.4, 0.5) is 5.82 Å². The normalized spacial score (nSPS) is 24.9. The van der Waals surface area contributed by atoms with Gasteiger partial charge in [-0.05, 0) is 42.5 Å². The van der Waals surface area contributed by atoms with Gasteiger partial charge in [0.2, 0.25) is 10.6 Å². The highest BCUT2D eigenvalue weighted by Gasteiger charge is 2.51.